The Labute approximate surface area is 124 Å². The Balaban J connectivity index is 2.06. The molecule has 1 unspecified atom stereocenters. The number of aryl methyl sites for hydroxylation is 1. The lowest BCUT2D eigenvalue weighted by Gasteiger charge is -2.10. The van der Waals surface area contributed by atoms with Crippen molar-refractivity contribution in [3.8, 4) is 5.75 Å². The molecule has 0 amide bonds. The number of hydrogen-bond donors (Lipinski definition) is 1. The summed E-state index contributed by atoms with van der Waals surface area (Å²) in [5.41, 5.74) is 3.39. The van der Waals surface area contributed by atoms with E-state index in [1.807, 2.05) is 18.2 Å². The van der Waals surface area contributed by atoms with Crippen LogP contribution in [0, 0.1) is 6.92 Å². The van der Waals surface area contributed by atoms with Crippen LogP contribution in [0.2, 0.25) is 0 Å². The lowest BCUT2D eigenvalue weighted by Crippen LogP contribution is -1.92. The summed E-state index contributed by atoms with van der Waals surface area (Å²) < 4.78 is 5.39. The predicted molar refractivity (Wildman–Crippen MR) is 84.4 cm³/mol. The number of aliphatic hydroxyl groups excluding tert-OH is 1. The SMILES string of the molecule is COc1ccc(C)cc1CSc1ccc(C(C)O)cc1. The monoisotopic (exact) mass is 288 g/mol. The van der Waals surface area contributed by atoms with Crippen LogP contribution < -0.4 is 4.74 Å². The van der Waals surface area contributed by atoms with Gasteiger partial charge in [0.1, 0.15) is 5.75 Å². The van der Waals surface area contributed by atoms with Crippen molar-refractivity contribution in [3.05, 3.63) is 59.2 Å². The zero-order valence-electron chi connectivity index (χ0n) is 12.1. The van der Waals surface area contributed by atoms with Gasteiger partial charge in [0.2, 0.25) is 0 Å². The summed E-state index contributed by atoms with van der Waals surface area (Å²) in [6.07, 6.45) is -0.411. The molecule has 0 aliphatic rings. The van der Waals surface area contributed by atoms with E-state index >= 15 is 0 Å². The van der Waals surface area contributed by atoms with Gasteiger partial charge in [-0.05, 0) is 37.6 Å². The first-order chi connectivity index (χ1) is 9.60. The number of benzene rings is 2. The van der Waals surface area contributed by atoms with Crippen molar-refractivity contribution in [1.29, 1.82) is 0 Å². The molecule has 0 saturated carbocycles. The fourth-order valence-corrected chi connectivity index (χ4v) is 2.90. The van der Waals surface area contributed by atoms with Crippen LogP contribution in [0.5, 0.6) is 5.75 Å². The van der Waals surface area contributed by atoms with Gasteiger partial charge in [-0.2, -0.15) is 0 Å². The average molecular weight is 288 g/mol. The van der Waals surface area contributed by atoms with Crippen molar-refractivity contribution in [2.24, 2.45) is 0 Å². The molecule has 106 valence electrons. The number of rotatable bonds is 5. The third-order valence-corrected chi connectivity index (χ3v) is 4.25. The van der Waals surface area contributed by atoms with Gasteiger partial charge in [0.15, 0.2) is 0 Å². The van der Waals surface area contributed by atoms with Crippen LogP contribution in [0.15, 0.2) is 47.4 Å². The highest BCUT2D eigenvalue weighted by Crippen LogP contribution is 2.29. The summed E-state index contributed by atoms with van der Waals surface area (Å²) in [5.74, 6) is 1.81. The molecule has 2 aromatic carbocycles. The van der Waals surface area contributed by atoms with Crippen molar-refractivity contribution in [2.45, 2.75) is 30.6 Å². The molecule has 0 aliphatic carbocycles. The van der Waals surface area contributed by atoms with E-state index in [1.54, 1.807) is 25.8 Å². The topological polar surface area (TPSA) is 29.5 Å². The first-order valence-corrected chi connectivity index (χ1v) is 7.63. The van der Waals surface area contributed by atoms with Gasteiger partial charge in [-0.25, -0.2) is 0 Å². The Bertz CT molecular complexity index is 562. The lowest BCUT2D eigenvalue weighted by atomic mass is 10.1. The molecule has 2 rings (SSSR count). The van der Waals surface area contributed by atoms with E-state index < -0.39 is 6.10 Å². The summed E-state index contributed by atoms with van der Waals surface area (Å²) in [5, 5.41) is 9.50. The number of thioether (sulfide) groups is 1. The molecule has 0 aromatic heterocycles. The molecule has 0 spiro atoms. The van der Waals surface area contributed by atoms with E-state index in [2.05, 4.69) is 31.2 Å². The third-order valence-electron chi connectivity index (χ3n) is 3.19. The smallest absolute Gasteiger partial charge is 0.122 e. The Hall–Kier alpha value is -1.45. The van der Waals surface area contributed by atoms with Crippen LogP contribution >= 0.6 is 11.8 Å². The number of methoxy groups -OCH3 is 1. The minimum Gasteiger partial charge on any atom is -0.496 e. The van der Waals surface area contributed by atoms with Crippen LogP contribution in [0.4, 0.5) is 0 Å². The number of aliphatic hydroxyl groups is 1. The van der Waals surface area contributed by atoms with E-state index in [-0.39, 0.29) is 0 Å². The fourth-order valence-electron chi connectivity index (χ4n) is 2.02. The molecule has 2 aromatic rings. The zero-order valence-corrected chi connectivity index (χ0v) is 12.9. The summed E-state index contributed by atoms with van der Waals surface area (Å²) in [4.78, 5) is 1.19. The molecule has 1 atom stereocenters. The van der Waals surface area contributed by atoms with Crippen molar-refractivity contribution in [3.63, 3.8) is 0 Å². The Morgan fingerprint density at radius 2 is 1.85 bits per heavy atom. The van der Waals surface area contributed by atoms with Gasteiger partial charge in [0.25, 0.3) is 0 Å². The normalized spacial score (nSPS) is 12.2. The second-order valence-electron chi connectivity index (χ2n) is 4.85. The van der Waals surface area contributed by atoms with Crippen LogP contribution in [-0.2, 0) is 5.75 Å². The second-order valence-corrected chi connectivity index (χ2v) is 5.90. The Morgan fingerprint density at radius 1 is 1.15 bits per heavy atom. The van der Waals surface area contributed by atoms with E-state index in [0.717, 1.165) is 17.1 Å². The van der Waals surface area contributed by atoms with Gasteiger partial charge in [0.05, 0.1) is 13.2 Å². The second kappa shape index (κ2) is 6.82. The van der Waals surface area contributed by atoms with Gasteiger partial charge in [0, 0.05) is 16.2 Å². The average Bonchev–Trinajstić information content (AvgIpc) is 2.45. The van der Waals surface area contributed by atoms with E-state index in [4.69, 9.17) is 4.74 Å². The molecule has 20 heavy (non-hydrogen) atoms. The summed E-state index contributed by atoms with van der Waals surface area (Å²) in [6, 6.07) is 14.3. The van der Waals surface area contributed by atoms with Gasteiger partial charge in [-0.1, -0.05) is 29.8 Å². The standard InChI is InChI=1S/C17H20O2S/c1-12-4-9-17(19-3)15(10-12)11-20-16-7-5-14(6-8-16)13(2)18/h4-10,13,18H,11H2,1-3H3. The Kier molecular flexibility index (Phi) is 5.10. The van der Waals surface area contributed by atoms with Crippen LogP contribution in [0.1, 0.15) is 29.7 Å². The van der Waals surface area contributed by atoms with Crippen molar-refractivity contribution in [2.75, 3.05) is 7.11 Å². The molecular formula is C17H20O2S. The van der Waals surface area contributed by atoms with E-state index in [0.29, 0.717) is 0 Å². The summed E-state index contributed by atoms with van der Waals surface area (Å²) in [7, 11) is 1.70. The molecule has 2 nitrogen and oxygen atoms in total. The third kappa shape index (κ3) is 3.78. The van der Waals surface area contributed by atoms with Crippen molar-refractivity contribution >= 4 is 11.8 Å². The molecule has 0 radical (unpaired) electrons. The molecule has 0 bridgehead atoms. The minimum absolute atomic E-state index is 0.411. The highest BCUT2D eigenvalue weighted by Gasteiger charge is 2.05. The quantitative estimate of drug-likeness (QED) is 0.829. The van der Waals surface area contributed by atoms with Gasteiger partial charge in [-0.15, -0.1) is 11.8 Å². The largest absolute Gasteiger partial charge is 0.496 e. The maximum atomic E-state index is 9.50. The zero-order chi connectivity index (χ0) is 14.5. The highest BCUT2D eigenvalue weighted by atomic mass is 32.2. The van der Waals surface area contributed by atoms with Crippen LogP contribution in [0.3, 0.4) is 0 Å². The molecule has 0 saturated heterocycles. The predicted octanol–water partition coefficient (Wildman–Crippen LogP) is 4.35. The highest BCUT2D eigenvalue weighted by molar-refractivity contribution is 7.98. The van der Waals surface area contributed by atoms with E-state index in [9.17, 15) is 5.11 Å². The van der Waals surface area contributed by atoms with E-state index in [1.165, 1.54) is 16.0 Å². The first kappa shape index (κ1) is 14.9. The maximum Gasteiger partial charge on any atom is 0.122 e. The molecule has 0 heterocycles. The molecule has 0 aliphatic heterocycles. The number of ether oxygens (including phenoxy) is 1. The molecule has 3 heteroatoms. The Morgan fingerprint density at radius 3 is 2.45 bits per heavy atom. The summed E-state index contributed by atoms with van der Waals surface area (Å²) in [6.45, 7) is 3.87. The van der Waals surface area contributed by atoms with Crippen molar-refractivity contribution in [1.82, 2.24) is 0 Å². The van der Waals surface area contributed by atoms with Crippen LogP contribution in [-0.4, -0.2) is 12.2 Å². The first-order valence-electron chi connectivity index (χ1n) is 6.64. The van der Waals surface area contributed by atoms with Gasteiger partial charge < -0.3 is 9.84 Å². The van der Waals surface area contributed by atoms with Gasteiger partial charge >= 0.3 is 0 Å². The molecule has 1 N–H and O–H groups in total. The molecular weight excluding hydrogens is 268 g/mol. The number of hydrogen-bond acceptors (Lipinski definition) is 3. The summed E-state index contributed by atoms with van der Waals surface area (Å²) >= 11 is 1.77. The van der Waals surface area contributed by atoms with Gasteiger partial charge in [-0.3, -0.25) is 0 Å². The van der Waals surface area contributed by atoms with Crippen LogP contribution in [0.25, 0.3) is 0 Å². The van der Waals surface area contributed by atoms with Crippen molar-refractivity contribution < 1.29 is 9.84 Å². The maximum absolute atomic E-state index is 9.50. The minimum atomic E-state index is -0.411. The lowest BCUT2D eigenvalue weighted by molar-refractivity contribution is 0.199. The fraction of sp³-hybridized carbons (Fsp3) is 0.294. The molecule has 0 fully saturated rings.